The van der Waals surface area contributed by atoms with Crippen molar-refractivity contribution < 1.29 is 9.18 Å². The summed E-state index contributed by atoms with van der Waals surface area (Å²) in [6.07, 6.45) is 3.21. The molecule has 0 fully saturated rings. The minimum Gasteiger partial charge on any atom is -0.382 e. The van der Waals surface area contributed by atoms with Crippen molar-refractivity contribution in [3.63, 3.8) is 0 Å². The molecule has 1 aromatic carbocycles. The molecule has 0 aliphatic rings. The summed E-state index contributed by atoms with van der Waals surface area (Å²) in [4.78, 5) is 26.1. The van der Waals surface area contributed by atoms with Crippen molar-refractivity contribution in [1.29, 1.82) is 0 Å². The van der Waals surface area contributed by atoms with Crippen LogP contribution in [0.4, 0.5) is 21.7 Å². The third-order valence-electron chi connectivity index (χ3n) is 4.81. The second-order valence-electron chi connectivity index (χ2n) is 6.93. The number of anilines is 3. The predicted molar refractivity (Wildman–Crippen MR) is 116 cm³/mol. The van der Waals surface area contributed by atoms with Gasteiger partial charge in [0.15, 0.2) is 17.5 Å². The summed E-state index contributed by atoms with van der Waals surface area (Å²) < 4.78 is 15.8. The second-order valence-corrected chi connectivity index (χ2v) is 6.93. The fraction of sp³-hybridized carbons (Fsp3) is 0.190. The molecule has 31 heavy (non-hydrogen) atoms. The lowest BCUT2D eigenvalue weighted by molar-refractivity contribution is -0.107. The zero-order chi connectivity index (χ0) is 22.0. The van der Waals surface area contributed by atoms with Crippen LogP contribution in [-0.4, -0.2) is 37.5 Å². The van der Waals surface area contributed by atoms with Crippen molar-refractivity contribution in [3.05, 3.63) is 59.8 Å². The van der Waals surface area contributed by atoms with E-state index in [4.69, 9.17) is 11.5 Å². The number of carbonyl (C=O) groups excluding carboxylic acids is 1. The van der Waals surface area contributed by atoms with Crippen LogP contribution in [-0.2, 0) is 11.2 Å². The third-order valence-corrected chi connectivity index (χ3v) is 4.81. The lowest BCUT2D eigenvalue weighted by atomic mass is 10.1. The molecule has 0 spiro atoms. The number of halogens is 1. The highest BCUT2D eigenvalue weighted by Gasteiger charge is 2.21. The van der Waals surface area contributed by atoms with Crippen LogP contribution in [0.15, 0.2) is 42.6 Å². The van der Waals surface area contributed by atoms with Crippen LogP contribution in [0.3, 0.4) is 0 Å². The van der Waals surface area contributed by atoms with Crippen LogP contribution < -0.4 is 16.4 Å². The maximum absolute atomic E-state index is 14.2. The lowest BCUT2D eigenvalue weighted by Gasteiger charge is -2.19. The number of nitrogen functional groups attached to an aromatic ring is 2. The number of hydrogen-bond acceptors (Lipinski definition) is 7. The minimum atomic E-state index is -0.323. The SMILES string of the molecule is CCCN(C=O)c1c(N)nc(-c2nc(Cc3ccccc3F)n3ncccc23)nc1N. The average Bonchev–Trinajstić information content (AvgIpc) is 3.13. The predicted octanol–water partition coefficient (Wildman–Crippen LogP) is 2.45. The number of rotatable bonds is 7. The Kier molecular flexibility index (Phi) is 5.44. The molecule has 0 saturated carbocycles. The van der Waals surface area contributed by atoms with Gasteiger partial charge >= 0.3 is 0 Å². The van der Waals surface area contributed by atoms with Gasteiger partial charge in [-0.2, -0.15) is 5.10 Å². The first kappa shape index (κ1) is 20.2. The first-order valence-corrected chi connectivity index (χ1v) is 9.74. The molecule has 10 heteroatoms. The monoisotopic (exact) mass is 420 g/mol. The van der Waals surface area contributed by atoms with Crippen molar-refractivity contribution >= 4 is 29.2 Å². The molecule has 0 radical (unpaired) electrons. The van der Waals surface area contributed by atoms with Gasteiger partial charge in [-0.25, -0.2) is 23.9 Å². The summed E-state index contributed by atoms with van der Waals surface area (Å²) in [5.74, 6) is 0.538. The fourth-order valence-electron chi connectivity index (χ4n) is 3.43. The van der Waals surface area contributed by atoms with Crippen molar-refractivity contribution in [1.82, 2.24) is 24.6 Å². The first-order chi connectivity index (χ1) is 15.0. The molecule has 4 rings (SSSR count). The lowest BCUT2D eigenvalue weighted by Crippen LogP contribution is -2.25. The molecule has 9 nitrogen and oxygen atoms in total. The molecular formula is C21H21FN8O. The number of nitrogens with two attached hydrogens (primary N) is 2. The van der Waals surface area contributed by atoms with Gasteiger partial charge in [-0.15, -0.1) is 0 Å². The van der Waals surface area contributed by atoms with E-state index in [1.165, 1.54) is 11.0 Å². The Morgan fingerprint density at radius 2 is 1.84 bits per heavy atom. The van der Waals surface area contributed by atoms with Gasteiger partial charge in [-0.1, -0.05) is 25.1 Å². The Morgan fingerprint density at radius 3 is 2.52 bits per heavy atom. The van der Waals surface area contributed by atoms with Crippen LogP contribution in [0.1, 0.15) is 24.7 Å². The Balaban J connectivity index is 1.82. The summed E-state index contributed by atoms with van der Waals surface area (Å²) in [7, 11) is 0. The largest absolute Gasteiger partial charge is 0.382 e. The molecule has 0 bridgehead atoms. The van der Waals surface area contributed by atoms with E-state index in [2.05, 4.69) is 20.1 Å². The Bertz CT molecular complexity index is 1230. The standard InChI is InChI=1S/C21H21FN8O/c1-2-10-29(12-31)18-19(23)27-21(28-20(18)24)17-15-8-5-9-25-30(15)16(26-17)11-13-6-3-4-7-14(13)22/h3-9,12H,2,10-11H2,1H3,(H4,23,24,27,28). The average molecular weight is 420 g/mol. The molecule has 3 aromatic heterocycles. The van der Waals surface area contributed by atoms with Crippen molar-refractivity contribution in [2.45, 2.75) is 19.8 Å². The summed E-state index contributed by atoms with van der Waals surface area (Å²) in [5.41, 5.74) is 14.1. The number of imidazole rings is 1. The second kappa shape index (κ2) is 8.34. The van der Waals surface area contributed by atoms with E-state index >= 15 is 0 Å². The van der Waals surface area contributed by atoms with Gasteiger partial charge in [0.25, 0.3) is 0 Å². The molecule has 1 amide bonds. The zero-order valence-electron chi connectivity index (χ0n) is 16.9. The molecule has 0 aliphatic carbocycles. The number of hydrogen-bond donors (Lipinski definition) is 2. The van der Waals surface area contributed by atoms with Gasteiger partial charge in [-0.05, 0) is 30.2 Å². The number of nitrogens with zero attached hydrogens (tertiary/aromatic N) is 6. The van der Waals surface area contributed by atoms with E-state index in [9.17, 15) is 9.18 Å². The van der Waals surface area contributed by atoms with Crippen LogP contribution in [0, 0.1) is 5.82 Å². The summed E-state index contributed by atoms with van der Waals surface area (Å²) in [5, 5.41) is 4.34. The Labute approximate surface area is 177 Å². The van der Waals surface area contributed by atoms with Crippen LogP contribution in [0.5, 0.6) is 0 Å². The summed E-state index contributed by atoms with van der Waals surface area (Å²) >= 11 is 0. The molecule has 4 aromatic rings. The summed E-state index contributed by atoms with van der Waals surface area (Å²) in [6, 6.07) is 10.1. The molecular weight excluding hydrogens is 399 g/mol. The molecule has 0 unspecified atom stereocenters. The number of aromatic nitrogens is 5. The number of amides is 1. The highest BCUT2D eigenvalue weighted by atomic mass is 19.1. The van der Waals surface area contributed by atoms with Gasteiger partial charge in [0, 0.05) is 19.2 Å². The molecule has 0 saturated heterocycles. The number of carbonyl (C=O) groups is 1. The fourth-order valence-corrected chi connectivity index (χ4v) is 3.43. The van der Waals surface area contributed by atoms with Gasteiger partial charge in [0.05, 0.1) is 5.52 Å². The molecule has 0 aliphatic heterocycles. The smallest absolute Gasteiger partial charge is 0.214 e. The van der Waals surface area contributed by atoms with Crippen LogP contribution in [0.25, 0.3) is 17.0 Å². The zero-order valence-corrected chi connectivity index (χ0v) is 16.9. The normalized spacial score (nSPS) is 11.0. The van der Waals surface area contributed by atoms with E-state index in [0.717, 1.165) is 6.42 Å². The van der Waals surface area contributed by atoms with E-state index in [0.29, 0.717) is 35.6 Å². The quantitative estimate of drug-likeness (QED) is 0.439. The van der Waals surface area contributed by atoms with E-state index < -0.39 is 0 Å². The van der Waals surface area contributed by atoms with Gasteiger partial charge in [0.2, 0.25) is 6.41 Å². The Morgan fingerprint density at radius 1 is 1.10 bits per heavy atom. The maximum atomic E-state index is 14.2. The van der Waals surface area contributed by atoms with E-state index in [1.54, 1.807) is 41.0 Å². The van der Waals surface area contributed by atoms with Crippen molar-refractivity contribution in [2.24, 2.45) is 0 Å². The number of benzene rings is 1. The van der Waals surface area contributed by atoms with Crippen molar-refractivity contribution in [2.75, 3.05) is 22.9 Å². The molecule has 158 valence electrons. The molecule has 3 heterocycles. The number of fused-ring (bicyclic) bond motifs is 1. The highest BCUT2D eigenvalue weighted by molar-refractivity contribution is 5.89. The van der Waals surface area contributed by atoms with E-state index in [-0.39, 0.29) is 35.4 Å². The van der Waals surface area contributed by atoms with E-state index in [1.807, 2.05) is 6.92 Å². The minimum absolute atomic E-state index is 0.0729. The van der Waals surface area contributed by atoms with Crippen LogP contribution in [0.2, 0.25) is 0 Å². The summed E-state index contributed by atoms with van der Waals surface area (Å²) in [6.45, 7) is 2.37. The van der Waals surface area contributed by atoms with Gasteiger partial charge < -0.3 is 16.4 Å². The Hall–Kier alpha value is -4.08. The highest BCUT2D eigenvalue weighted by Crippen LogP contribution is 2.31. The molecule has 0 atom stereocenters. The topological polar surface area (TPSA) is 128 Å². The maximum Gasteiger partial charge on any atom is 0.214 e. The first-order valence-electron chi connectivity index (χ1n) is 9.74. The molecule has 4 N–H and O–H groups in total. The van der Waals surface area contributed by atoms with Gasteiger partial charge in [0.1, 0.15) is 23.0 Å². The van der Waals surface area contributed by atoms with Crippen LogP contribution >= 0.6 is 0 Å². The third kappa shape index (κ3) is 3.75. The van der Waals surface area contributed by atoms with Gasteiger partial charge in [-0.3, -0.25) is 4.79 Å². The van der Waals surface area contributed by atoms with Crippen molar-refractivity contribution in [3.8, 4) is 11.5 Å².